The van der Waals surface area contributed by atoms with E-state index < -0.39 is 65.6 Å². The lowest BCUT2D eigenvalue weighted by atomic mass is 9.89. The standard InChI is InChI=1S/C27H24BrClF5N5O4/c1-11(40)23-24(42-3)21(38-10-13(9-35-38)15-5-7-17(28)20(31)19(15)30)22(41)25(43-23)26-36-12(2)37-39(26)18-8-14(29)4-6-16(18)27(32,33)34/h4-11,21-25,40-41H,1-3H3/t11?,21?,22?,23?,24-,25-/m1/s1. The molecule has 1 aliphatic heterocycles. The van der Waals surface area contributed by atoms with Crippen molar-refractivity contribution in [3.63, 3.8) is 0 Å². The molecule has 9 nitrogen and oxygen atoms in total. The summed E-state index contributed by atoms with van der Waals surface area (Å²) in [6.07, 6.45) is -8.66. The lowest BCUT2D eigenvalue weighted by molar-refractivity contribution is -0.230. The number of rotatable bonds is 6. The van der Waals surface area contributed by atoms with Crippen LogP contribution < -0.4 is 0 Å². The summed E-state index contributed by atoms with van der Waals surface area (Å²) in [4.78, 5) is 4.28. The molecule has 6 atom stereocenters. The van der Waals surface area contributed by atoms with E-state index >= 15 is 0 Å². The Labute approximate surface area is 254 Å². The van der Waals surface area contributed by atoms with Crippen molar-refractivity contribution in [2.75, 3.05) is 7.11 Å². The number of aliphatic hydroxyl groups excluding tert-OH is 2. The van der Waals surface area contributed by atoms with Gasteiger partial charge >= 0.3 is 6.18 Å². The highest BCUT2D eigenvalue weighted by Gasteiger charge is 2.51. The van der Waals surface area contributed by atoms with E-state index in [9.17, 15) is 32.2 Å². The molecule has 0 saturated carbocycles. The van der Waals surface area contributed by atoms with E-state index in [1.807, 2.05) is 0 Å². The van der Waals surface area contributed by atoms with E-state index in [-0.39, 0.29) is 32.3 Å². The summed E-state index contributed by atoms with van der Waals surface area (Å²) >= 11 is 8.99. The third-order valence-electron chi connectivity index (χ3n) is 7.11. The van der Waals surface area contributed by atoms with Gasteiger partial charge in [0.05, 0.1) is 28.0 Å². The van der Waals surface area contributed by atoms with Crippen LogP contribution in [0.5, 0.6) is 0 Å². The SMILES string of the molecule is CO[C@H]1C(C(C)O)O[C@@H](c2nc(C)nn2-c2cc(Cl)ccc2C(F)(F)F)C(O)C1n1cc(-c2ccc(Br)c(F)c2F)cn1. The first-order chi connectivity index (χ1) is 20.2. The molecule has 0 radical (unpaired) electrons. The van der Waals surface area contributed by atoms with Crippen LogP contribution in [0, 0.1) is 18.6 Å². The molecule has 0 amide bonds. The van der Waals surface area contributed by atoms with Gasteiger partial charge < -0.3 is 19.7 Å². The number of halogens is 7. The van der Waals surface area contributed by atoms with Gasteiger partial charge in [0.1, 0.15) is 36.3 Å². The summed E-state index contributed by atoms with van der Waals surface area (Å²) in [5.41, 5.74) is -1.47. The van der Waals surface area contributed by atoms with Crippen LogP contribution in [-0.2, 0) is 15.7 Å². The summed E-state index contributed by atoms with van der Waals surface area (Å²) < 4.78 is 84.7. The average molecular weight is 693 g/mol. The summed E-state index contributed by atoms with van der Waals surface area (Å²) in [5, 5.41) is 30.7. The first-order valence-corrected chi connectivity index (χ1v) is 13.9. The summed E-state index contributed by atoms with van der Waals surface area (Å²) in [7, 11) is 1.31. The van der Waals surface area contributed by atoms with Gasteiger partial charge in [0.2, 0.25) is 0 Å². The van der Waals surface area contributed by atoms with Crippen molar-refractivity contribution in [3.05, 3.63) is 81.1 Å². The number of hydrogen-bond donors (Lipinski definition) is 2. The summed E-state index contributed by atoms with van der Waals surface area (Å²) in [6, 6.07) is 4.47. The summed E-state index contributed by atoms with van der Waals surface area (Å²) in [5.74, 6) is -2.38. The van der Waals surface area contributed by atoms with Crippen molar-refractivity contribution in [2.24, 2.45) is 0 Å². The fraction of sp³-hybridized carbons (Fsp3) is 0.370. The average Bonchev–Trinajstić information content (AvgIpc) is 3.57. The molecule has 2 aromatic heterocycles. The number of alkyl halides is 3. The zero-order valence-corrected chi connectivity index (χ0v) is 24.9. The zero-order chi connectivity index (χ0) is 31.4. The molecule has 1 fully saturated rings. The molecule has 230 valence electrons. The van der Waals surface area contributed by atoms with E-state index in [0.29, 0.717) is 0 Å². The Morgan fingerprint density at radius 1 is 1.16 bits per heavy atom. The molecule has 4 aromatic rings. The first-order valence-electron chi connectivity index (χ1n) is 12.8. The fourth-order valence-electron chi connectivity index (χ4n) is 5.18. The fourth-order valence-corrected chi connectivity index (χ4v) is 5.65. The van der Waals surface area contributed by atoms with Crippen molar-refractivity contribution >= 4 is 27.5 Å². The van der Waals surface area contributed by atoms with Gasteiger partial charge in [0, 0.05) is 29.5 Å². The highest BCUT2D eigenvalue weighted by atomic mass is 79.9. The second-order valence-electron chi connectivity index (χ2n) is 9.96. The van der Waals surface area contributed by atoms with Gasteiger partial charge in [-0.25, -0.2) is 18.4 Å². The van der Waals surface area contributed by atoms with Crippen LogP contribution in [0.2, 0.25) is 5.02 Å². The van der Waals surface area contributed by atoms with Crippen molar-refractivity contribution in [3.8, 4) is 16.8 Å². The van der Waals surface area contributed by atoms with Crippen molar-refractivity contribution in [1.82, 2.24) is 24.5 Å². The molecule has 0 aliphatic carbocycles. The largest absolute Gasteiger partial charge is 0.418 e. The molecule has 5 rings (SSSR count). The Morgan fingerprint density at radius 3 is 2.53 bits per heavy atom. The maximum absolute atomic E-state index is 14.7. The Morgan fingerprint density at radius 2 is 1.88 bits per heavy atom. The number of aliphatic hydroxyl groups is 2. The molecule has 2 N–H and O–H groups in total. The number of benzene rings is 2. The first kappa shape index (κ1) is 31.5. The van der Waals surface area contributed by atoms with E-state index in [0.717, 1.165) is 22.9 Å². The maximum Gasteiger partial charge on any atom is 0.418 e. The molecule has 0 spiro atoms. The predicted octanol–water partition coefficient (Wildman–Crippen LogP) is 5.59. The Kier molecular flexibility index (Phi) is 8.68. The van der Waals surface area contributed by atoms with E-state index in [1.165, 1.54) is 50.2 Å². The topological polar surface area (TPSA) is 107 Å². The quantitative estimate of drug-likeness (QED) is 0.201. The second kappa shape index (κ2) is 11.9. The Balaban J connectivity index is 1.63. The van der Waals surface area contributed by atoms with Crippen LogP contribution in [0.25, 0.3) is 16.8 Å². The lowest BCUT2D eigenvalue weighted by Gasteiger charge is -2.45. The van der Waals surface area contributed by atoms with Gasteiger partial charge in [0.25, 0.3) is 0 Å². The zero-order valence-electron chi connectivity index (χ0n) is 22.6. The van der Waals surface area contributed by atoms with E-state index in [1.54, 1.807) is 0 Å². The molecule has 2 aromatic carbocycles. The highest BCUT2D eigenvalue weighted by Crippen LogP contribution is 2.42. The van der Waals surface area contributed by atoms with Crippen LogP contribution in [0.15, 0.2) is 47.2 Å². The third-order valence-corrected chi connectivity index (χ3v) is 7.96. The minimum Gasteiger partial charge on any atom is -0.391 e. The Hall–Kier alpha value is -2.95. The van der Waals surface area contributed by atoms with E-state index in [4.69, 9.17) is 21.1 Å². The van der Waals surface area contributed by atoms with Gasteiger partial charge in [-0.05, 0) is 60.1 Å². The van der Waals surface area contributed by atoms with E-state index in [2.05, 4.69) is 31.1 Å². The van der Waals surface area contributed by atoms with Crippen LogP contribution in [0.3, 0.4) is 0 Å². The molecule has 3 heterocycles. The van der Waals surface area contributed by atoms with Gasteiger partial charge in [-0.2, -0.15) is 23.4 Å². The lowest BCUT2D eigenvalue weighted by Crippen LogP contribution is -2.56. The van der Waals surface area contributed by atoms with Gasteiger partial charge in [-0.15, -0.1) is 0 Å². The van der Waals surface area contributed by atoms with Crippen LogP contribution in [0.1, 0.15) is 36.3 Å². The molecule has 1 aliphatic rings. The van der Waals surface area contributed by atoms with Crippen molar-refractivity contribution in [1.29, 1.82) is 0 Å². The minimum absolute atomic E-state index is 0.00734. The number of hydrogen-bond acceptors (Lipinski definition) is 7. The normalized spacial score (nSPS) is 23.5. The highest BCUT2D eigenvalue weighted by molar-refractivity contribution is 9.10. The number of nitrogens with zero attached hydrogens (tertiary/aromatic N) is 5. The third kappa shape index (κ3) is 5.81. The molecular weight excluding hydrogens is 669 g/mol. The van der Waals surface area contributed by atoms with Gasteiger partial charge in [-0.1, -0.05) is 11.6 Å². The van der Waals surface area contributed by atoms with Crippen LogP contribution >= 0.6 is 27.5 Å². The molecular formula is C27H24BrClF5N5O4. The number of aromatic nitrogens is 5. The number of aryl methyl sites for hydroxylation is 1. The summed E-state index contributed by atoms with van der Waals surface area (Å²) in [6.45, 7) is 2.85. The molecule has 16 heteroatoms. The predicted molar refractivity (Wildman–Crippen MR) is 147 cm³/mol. The maximum atomic E-state index is 14.7. The Bertz CT molecular complexity index is 1650. The smallest absolute Gasteiger partial charge is 0.391 e. The second-order valence-corrected chi connectivity index (χ2v) is 11.3. The number of methoxy groups -OCH3 is 1. The molecule has 1 saturated heterocycles. The number of ether oxygens (including phenoxy) is 2. The van der Waals surface area contributed by atoms with Gasteiger partial charge in [0.15, 0.2) is 17.5 Å². The van der Waals surface area contributed by atoms with Crippen LogP contribution in [0.4, 0.5) is 22.0 Å². The molecule has 4 unspecified atom stereocenters. The minimum atomic E-state index is -4.79. The molecule has 43 heavy (non-hydrogen) atoms. The van der Waals surface area contributed by atoms with Crippen LogP contribution in [-0.4, -0.2) is 66.3 Å². The monoisotopic (exact) mass is 691 g/mol. The van der Waals surface area contributed by atoms with Crippen molar-refractivity contribution in [2.45, 2.75) is 56.6 Å². The molecule has 0 bridgehead atoms. The van der Waals surface area contributed by atoms with Crippen molar-refractivity contribution < 1.29 is 41.6 Å². The van der Waals surface area contributed by atoms with Gasteiger partial charge in [-0.3, -0.25) is 4.68 Å².